The molecule has 0 heterocycles. The second-order valence-electron chi connectivity index (χ2n) is 4.18. The first-order valence-electron chi connectivity index (χ1n) is 6.03. The van der Waals surface area contributed by atoms with Crippen molar-refractivity contribution < 1.29 is 4.92 Å². The van der Waals surface area contributed by atoms with E-state index in [1.165, 1.54) is 6.07 Å². The highest BCUT2D eigenvalue weighted by molar-refractivity contribution is 5.53. The number of nitrogens with zero attached hydrogens (tertiary/aromatic N) is 2. The minimum absolute atomic E-state index is 0.101. The van der Waals surface area contributed by atoms with Crippen LogP contribution in [0.2, 0.25) is 0 Å². The molecular weight excluding hydrogens is 240 g/mol. The molecule has 2 rings (SSSR count). The van der Waals surface area contributed by atoms with E-state index in [0.29, 0.717) is 13.1 Å². The van der Waals surface area contributed by atoms with E-state index in [1.54, 1.807) is 12.1 Å². The largest absolute Gasteiger partial charge is 0.367 e. The normalized spacial score (nSPS) is 10.2. The van der Waals surface area contributed by atoms with E-state index in [4.69, 9.17) is 0 Å². The molecule has 0 atom stereocenters. The zero-order chi connectivity index (χ0) is 13.7. The fraction of sp³-hybridized carbons (Fsp3) is 0.133. The van der Waals surface area contributed by atoms with Crippen LogP contribution in [0.4, 0.5) is 11.4 Å². The third kappa shape index (κ3) is 3.31. The molecule has 0 fully saturated rings. The Kier molecular flexibility index (Phi) is 4.13. The number of hydrogen-bond acceptors (Lipinski definition) is 3. The van der Waals surface area contributed by atoms with Gasteiger partial charge in [0.2, 0.25) is 0 Å². The summed E-state index contributed by atoms with van der Waals surface area (Å²) >= 11 is 0. The molecule has 4 nitrogen and oxygen atoms in total. The first-order valence-corrected chi connectivity index (χ1v) is 6.03. The maximum atomic E-state index is 10.8. The Labute approximate surface area is 112 Å². The summed E-state index contributed by atoms with van der Waals surface area (Å²) in [5.74, 6) is 0. The highest BCUT2D eigenvalue weighted by atomic mass is 16.6. The number of rotatable bonds is 5. The van der Waals surface area contributed by atoms with Crippen molar-refractivity contribution in [3.8, 4) is 0 Å². The SMILES string of the molecule is [CH2]CN(Cc1ccccc1)c1cccc([N+](=O)[O-])c1. The van der Waals surface area contributed by atoms with Gasteiger partial charge in [0.1, 0.15) is 0 Å². The topological polar surface area (TPSA) is 46.4 Å². The number of benzene rings is 2. The van der Waals surface area contributed by atoms with E-state index < -0.39 is 0 Å². The molecule has 0 unspecified atom stereocenters. The van der Waals surface area contributed by atoms with Crippen molar-refractivity contribution in [2.24, 2.45) is 0 Å². The average Bonchev–Trinajstić information content (AvgIpc) is 2.46. The maximum absolute atomic E-state index is 10.8. The number of nitro benzene ring substituents is 1. The van der Waals surface area contributed by atoms with Gasteiger partial charge in [-0.25, -0.2) is 0 Å². The molecule has 97 valence electrons. The molecule has 0 N–H and O–H groups in total. The molecule has 0 aromatic heterocycles. The molecule has 1 radical (unpaired) electrons. The van der Waals surface area contributed by atoms with E-state index in [9.17, 15) is 10.1 Å². The molecule has 0 bridgehead atoms. The zero-order valence-electron chi connectivity index (χ0n) is 10.5. The van der Waals surface area contributed by atoms with Gasteiger partial charge >= 0.3 is 0 Å². The lowest BCUT2D eigenvalue weighted by molar-refractivity contribution is -0.384. The second kappa shape index (κ2) is 6.00. The molecule has 0 saturated heterocycles. The van der Waals surface area contributed by atoms with Gasteiger partial charge in [-0.3, -0.25) is 10.1 Å². The Morgan fingerprint density at radius 3 is 2.47 bits per heavy atom. The Bertz CT molecular complexity index is 555. The smallest absolute Gasteiger partial charge is 0.271 e. The van der Waals surface area contributed by atoms with Crippen LogP contribution in [0.25, 0.3) is 0 Å². The Balaban J connectivity index is 2.22. The van der Waals surface area contributed by atoms with Crippen LogP contribution in [0.3, 0.4) is 0 Å². The highest BCUT2D eigenvalue weighted by Crippen LogP contribution is 2.22. The van der Waals surface area contributed by atoms with Crippen LogP contribution in [0.1, 0.15) is 5.56 Å². The van der Waals surface area contributed by atoms with E-state index in [-0.39, 0.29) is 10.6 Å². The van der Waals surface area contributed by atoms with Crippen LogP contribution in [0.5, 0.6) is 0 Å². The molecular formula is C15H15N2O2. The highest BCUT2D eigenvalue weighted by Gasteiger charge is 2.10. The lowest BCUT2D eigenvalue weighted by atomic mass is 10.2. The van der Waals surface area contributed by atoms with Crippen LogP contribution >= 0.6 is 0 Å². The molecule has 4 heteroatoms. The van der Waals surface area contributed by atoms with Crippen molar-refractivity contribution in [1.29, 1.82) is 0 Å². The van der Waals surface area contributed by atoms with Gasteiger partial charge in [0.25, 0.3) is 5.69 Å². The maximum Gasteiger partial charge on any atom is 0.271 e. The minimum atomic E-state index is -0.382. The molecule has 2 aromatic rings. The number of nitro groups is 1. The summed E-state index contributed by atoms with van der Waals surface area (Å²) in [4.78, 5) is 12.4. The van der Waals surface area contributed by atoms with Crippen LogP contribution in [0, 0.1) is 17.0 Å². The van der Waals surface area contributed by atoms with Crippen molar-refractivity contribution in [3.05, 3.63) is 77.2 Å². The first-order chi connectivity index (χ1) is 9.20. The van der Waals surface area contributed by atoms with Gasteiger partial charge in [0.05, 0.1) is 4.92 Å². The summed E-state index contributed by atoms with van der Waals surface area (Å²) in [6, 6.07) is 16.6. The van der Waals surface area contributed by atoms with E-state index in [1.807, 2.05) is 41.3 Å². The standard InChI is InChI=1S/C15H15N2O2/c1-2-16(12-13-7-4-3-5-8-13)14-9-6-10-15(11-14)17(18)19/h3-11H,1-2,12H2. The molecule has 0 aliphatic carbocycles. The molecule has 2 aromatic carbocycles. The van der Waals surface area contributed by atoms with Gasteiger partial charge in [0.15, 0.2) is 0 Å². The van der Waals surface area contributed by atoms with Crippen molar-refractivity contribution >= 4 is 11.4 Å². The fourth-order valence-electron chi connectivity index (χ4n) is 1.91. The number of non-ortho nitro benzene ring substituents is 1. The summed E-state index contributed by atoms with van der Waals surface area (Å²) in [6.45, 7) is 5.13. The first kappa shape index (κ1) is 13.1. The van der Waals surface area contributed by atoms with Crippen LogP contribution in [0.15, 0.2) is 54.6 Å². The van der Waals surface area contributed by atoms with Gasteiger partial charge < -0.3 is 4.90 Å². The van der Waals surface area contributed by atoms with Crippen molar-refractivity contribution in [1.82, 2.24) is 0 Å². The predicted molar refractivity (Wildman–Crippen MR) is 75.9 cm³/mol. The molecule has 0 aliphatic rings. The lowest BCUT2D eigenvalue weighted by Gasteiger charge is -2.22. The fourth-order valence-corrected chi connectivity index (χ4v) is 1.91. The molecule has 0 aliphatic heterocycles. The minimum Gasteiger partial charge on any atom is -0.367 e. The average molecular weight is 255 g/mol. The monoisotopic (exact) mass is 255 g/mol. The Hall–Kier alpha value is -2.36. The van der Waals surface area contributed by atoms with E-state index >= 15 is 0 Å². The van der Waals surface area contributed by atoms with Crippen molar-refractivity contribution in [2.75, 3.05) is 11.4 Å². The molecule has 0 amide bonds. The lowest BCUT2D eigenvalue weighted by Crippen LogP contribution is -2.22. The van der Waals surface area contributed by atoms with Crippen LogP contribution in [-0.2, 0) is 6.54 Å². The van der Waals surface area contributed by atoms with Gasteiger partial charge in [-0.2, -0.15) is 0 Å². The van der Waals surface area contributed by atoms with Gasteiger partial charge in [-0.15, -0.1) is 0 Å². The summed E-state index contributed by atoms with van der Waals surface area (Å²) in [6.07, 6.45) is 0. The third-order valence-electron chi connectivity index (χ3n) is 2.89. The third-order valence-corrected chi connectivity index (χ3v) is 2.89. The summed E-state index contributed by atoms with van der Waals surface area (Å²) in [5.41, 5.74) is 2.06. The number of anilines is 1. The predicted octanol–water partition coefficient (Wildman–Crippen LogP) is 3.44. The van der Waals surface area contributed by atoms with Gasteiger partial charge in [-0.1, -0.05) is 36.4 Å². The molecule has 0 saturated carbocycles. The van der Waals surface area contributed by atoms with Crippen molar-refractivity contribution in [2.45, 2.75) is 6.54 Å². The summed E-state index contributed by atoms with van der Waals surface area (Å²) in [5, 5.41) is 10.8. The summed E-state index contributed by atoms with van der Waals surface area (Å²) < 4.78 is 0. The summed E-state index contributed by atoms with van der Waals surface area (Å²) in [7, 11) is 0. The van der Waals surface area contributed by atoms with Crippen LogP contribution < -0.4 is 4.90 Å². The Morgan fingerprint density at radius 2 is 1.84 bits per heavy atom. The molecule has 0 spiro atoms. The van der Waals surface area contributed by atoms with E-state index in [2.05, 4.69) is 6.92 Å². The van der Waals surface area contributed by atoms with Crippen LogP contribution in [-0.4, -0.2) is 11.5 Å². The van der Waals surface area contributed by atoms with E-state index in [0.717, 1.165) is 11.3 Å². The van der Waals surface area contributed by atoms with Gasteiger partial charge in [0, 0.05) is 30.9 Å². The second-order valence-corrected chi connectivity index (χ2v) is 4.18. The quantitative estimate of drug-likeness (QED) is 0.607. The molecule has 19 heavy (non-hydrogen) atoms. The van der Waals surface area contributed by atoms with Gasteiger partial charge in [-0.05, 0) is 18.6 Å². The van der Waals surface area contributed by atoms with Crippen molar-refractivity contribution in [3.63, 3.8) is 0 Å². The zero-order valence-corrected chi connectivity index (χ0v) is 10.5. The Morgan fingerprint density at radius 1 is 1.11 bits per heavy atom. The number of hydrogen-bond donors (Lipinski definition) is 0.